The zero-order valence-corrected chi connectivity index (χ0v) is 10.3. The van der Waals surface area contributed by atoms with Crippen LogP contribution in [-0.4, -0.2) is 13.2 Å². The molecule has 0 fully saturated rings. The van der Waals surface area contributed by atoms with Gasteiger partial charge in [0.15, 0.2) is 9.84 Å². The van der Waals surface area contributed by atoms with Crippen molar-refractivity contribution in [3.05, 3.63) is 35.9 Å². The van der Waals surface area contributed by atoms with E-state index in [-0.39, 0.29) is 5.75 Å². The van der Waals surface area contributed by atoms with E-state index in [1.165, 1.54) is 0 Å². The average molecular weight is 226 g/mol. The van der Waals surface area contributed by atoms with Crippen molar-refractivity contribution < 1.29 is 8.42 Å². The van der Waals surface area contributed by atoms with E-state index in [2.05, 4.69) is 0 Å². The number of rotatable bonds is 4. The molecule has 0 heterocycles. The Labute approximate surface area is 92.2 Å². The fourth-order valence-corrected chi connectivity index (χ4v) is 2.67. The summed E-state index contributed by atoms with van der Waals surface area (Å²) < 4.78 is 23.5. The van der Waals surface area contributed by atoms with Gasteiger partial charge in [-0.15, -0.1) is 0 Å². The normalized spacial score (nSPS) is 12.7. The number of benzene rings is 1. The van der Waals surface area contributed by atoms with Gasteiger partial charge in [-0.3, -0.25) is 0 Å². The van der Waals surface area contributed by atoms with E-state index < -0.39 is 14.6 Å². The standard InChI is InChI=1S/C12H18O2S/c1-4-12(2,3)15(13,14)10-11-8-6-5-7-9-11/h5-9H,4,10H2,1-3H3. The largest absolute Gasteiger partial charge is 0.228 e. The van der Waals surface area contributed by atoms with Crippen molar-refractivity contribution in [3.8, 4) is 0 Å². The van der Waals surface area contributed by atoms with E-state index >= 15 is 0 Å². The highest BCUT2D eigenvalue weighted by Crippen LogP contribution is 2.24. The van der Waals surface area contributed by atoms with Crippen LogP contribution in [0.15, 0.2) is 30.3 Å². The highest BCUT2D eigenvalue weighted by atomic mass is 32.2. The van der Waals surface area contributed by atoms with Crippen LogP contribution in [0.2, 0.25) is 0 Å². The van der Waals surface area contributed by atoms with Crippen LogP contribution in [0.5, 0.6) is 0 Å². The summed E-state index contributed by atoms with van der Waals surface area (Å²) in [5.74, 6) is 0.134. The third-order valence-electron chi connectivity index (χ3n) is 2.89. The van der Waals surface area contributed by atoms with E-state index in [1.807, 2.05) is 37.3 Å². The summed E-state index contributed by atoms with van der Waals surface area (Å²) in [6, 6.07) is 9.32. The molecule has 0 radical (unpaired) electrons. The molecule has 0 unspecified atom stereocenters. The van der Waals surface area contributed by atoms with Gasteiger partial charge in [-0.2, -0.15) is 0 Å². The number of hydrogen-bond donors (Lipinski definition) is 0. The minimum absolute atomic E-state index is 0.134. The lowest BCUT2D eigenvalue weighted by molar-refractivity contribution is 0.537. The molecule has 2 nitrogen and oxygen atoms in total. The van der Waals surface area contributed by atoms with Crippen molar-refractivity contribution in [2.45, 2.75) is 37.7 Å². The first-order valence-electron chi connectivity index (χ1n) is 5.15. The maximum absolute atomic E-state index is 12.1. The van der Waals surface area contributed by atoms with Crippen LogP contribution in [0.4, 0.5) is 0 Å². The van der Waals surface area contributed by atoms with E-state index in [0.717, 1.165) is 5.56 Å². The molecule has 0 atom stereocenters. The first-order valence-corrected chi connectivity index (χ1v) is 6.80. The average Bonchev–Trinajstić information content (AvgIpc) is 2.18. The Morgan fingerprint density at radius 2 is 1.67 bits per heavy atom. The Kier molecular flexibility index (Phi) is 3.55. The summed E-state index contributed by atoms with van der Waals surface area (Å²) in [5.41, 5.74) is 0.860. The van der Waals surface area contributed by atoms with Gasteiger partial charge in [0.2, 0.25) is 0 Å². The van der Waals surface area contributed by atoms with Gasteiger partial charge in [0.25, 0.3) is 0 Å². The Morgan fingerprint density at radius 1 is 1.13 bits per heavy atom. The third kappa shape index (κ3) is 2.81. The molecule has 1 aromatic rings. The molecular weight excluding hydrogens is 208 g/mol. The van der Waals surface area contributed by atoms with Gasteiger partial charge in [0.1, 0.15) is 0 Å². The van der Waals surface area contributed by atoms with Crippen molar-refractivity contribution in [2.24, 2.45) is 0 Å². The topological polar surface area (TPSA) is 34.1 Å². The van der Waals surface area contributed by atoms with Gasteiger partial charge >= 0.3 is 0 Å². The molecule has 0 saturated heterocycles. The maximum Gasteiger partial charge on any atom is 0.159 e. The molecule has 0 aromatic heterocycles. The van der Waals surface area contributed by atoms with E-state index in [9.17, 15) is 8.42 Å². The van der Waals surface area contributed by atoms with Crippen LogP contribution < -0.4 is 0 Å². The van der Waals surface area contributed by atoms with Crippen molar-refractivity contribution in [2.75, 3.05) is 0 Å². The second-order valence-electron chi connectivity index (χ2n) is 4.36. The van der Waals surface area contributed by atoms with E-state index in [1.54, 1.807) is 13.8 Å². The van der Waals surface area contributed by atoms with Crippen molar-refractivity contribution in [1.82, 2.24) is 0 Å². The van der Waals surface area contributed by atoms with Gasteiger partial charge in [-0.25, -0.2) is 8.42 Å². The molecule has 15 heavy (non-hydrogen) atoms. The Balaban J connectivity index is 2.92. The summed E-state index contributed by atoms with van der Waals surface area (Å²) in [6.45, 7) is 5.47. The number of sulfone groups is 1. The summed E-state index contributed by atoms with van der Waals surface area (Å²) in [7, 11) is -3.06. The molecule has 1 aromatic carbocycles. The second-order valence-corrected chi connectivity index (χ2v) is 6.98. The number of hydrogen-bond acceptors (Lipinski definition) is 2. The van der Waals surface area contributed by atoms with Gasteiger partial charge in [0, 0.05) is 0 Å². The van der Waals surface area contributed by atoms with Crippen LogP contribution in [0.1, 0.15) is 32.8 Å². The summed E-state index contributed by atoms with van der Waals surface area (Å²) >= 11 is 0. The fraction of sp³-hybridized carbons (Fsp3) is 0.500. The van der Waals surface area contributed by atoms with Crippen LogP contribution in [0.25, 0.3) is 0 Å². The molecule has 1 rings (SSSR count). The molecule has 0 bridgehead atoms. The van der Waals surface area contributed by atoms with Gasteiger partial charge in [-0.1, -0.05) is 37.3 Å². The predicted octanol–water partition coefficient (Wildman–Crippen LogP) is 2.79. The van der Waals surface area contributed by atoms with Crippen LogP contribution >= 0.6 is 0 Å². The second kappa shape index (κ2) is 4.35. The van der Waals surface area contributed by atoms with Gasteiger partial charge < -0.3 is 0 Å². The monoisotopic (exact) mass is 226 g/mol. The van der Waals surface area contributed by atoms with E-state index in [4.69, 9.17) is 0 Å². The zero-order chi connectivity index (χ0) is 11.5. The Hall–Kier alpha value is -0.830. The molecule has 0 spiro atoms. The molecule has 0 aliphatic rings. The van der Waals surface area contributed by atoms with Gasteiger partial charge in [-0.05, 0) is 25.8 Å². The summed E-state index contributed by atoms with van der Waals surface area (Å²) in [6.07, 6.45) is 0.641. The Morgan fingerprint density at radius 3 is 2.13 bits per heavy atom. The Bertz CT molecular complexity index is 405. The lowest BCUT2D eigenvalue weighted by Gasteiger charge is -2.22. The predicted molar refractivity (Wildman–Crippen MR) is 63.4 cm³/mol. The molecule has 84 valence electrons. The molecule has 0 aliphatic heterocycles. The SMILES string of the molecule is CCC(C)(C)S(=O)(=O)Cc1ccccc1. The fourth-order valence-electron chi connectivity index (χ4n) is 1.21. The van der Waals surface area contributed by atoms with Gasteiger partial charge in [0.05, 0.1) is 10.5 Å². The highest BCUT2D eigenvalue weighted by molar-refractivity contribution is 7.92. The molecule has 0 amide bonds. The van der Waals surface area contributed by atoms with E-state index in [0.29, 0.717) is 6.42 Å². The summed E-state index contributed by atoms with van der Waals surface area (Å²) in [4.78, 5) is 0. The maximum atomic E-state index is 12.1. The minimum Gasteiger partial charge on any atom is -0.228 e. The van der Waals surface area contributed by atoms with Crippen molar-refractivity contribution in [1.29, 1.82) is 0 Å². The lowest BCUT2D eigenvalue weighted by Crippen LogP contribution is -2.32. The van der Waals surface area contributed by atoms with Crippen LogP contribution in [0.3, 0.4) is 0 Å². The molecule has 0 N–H and O–H groups in total. The molecule has 0 saturated carbocycles. The molecular formula is C12H18O2S. The first-order chi connectivity index (χ1) is 6.89. The quantitative estimate of drug-likeness (QED) is 0.791. The van der Waals surface area contributed by atoms with Crippen LogP contribution in [-0.2, 0) is 15.6 Å². The summed E-state index contributed by atoms with van der Waals surface area (Å²) in [5, 5.41) is 0. The van der Waals surface area contributed by atoms with Crippen molar-refractivity contribution >= 4 is 9.84 Å². The lowest BCUT2D eigenvalue weighted by atomic mass is 10.1. The third-order valence-corrected chi connectivity index (χ3v) is 5.58. The molecule has 0 aliphatic carbocycles. The molecule has 3 heteroatoms. The van der Waals surface area contributed by atoms with Crippen LogP contribution in [0, 0.1) is 0 Å². The highest BCUT2D eigenvalue weighted by Gasteiger charge is 2.31. The zero-order valence-electron chi connectivity index (χ0n) is 9.53. The smallest absolute Gasteiger partial charge is 0.159 e. The minimum atomic E-state index is -3.06. The first kappa shape index (κ1) is 12.2. The van der Waals surface area contributed by atoms with Crippen molar-refractivity contribution in [3.63, 3.8) is 0 Å².